The molecule has 1 amide bonds. The van der Waals surface area contributed by atoms with Crippen LogP contribution < -0.4 is 11.1 Å². The maximum Gasteiger partial charge on any atom is 0.305 e. The molecule has 0 radical (unpaired) electrons. The molecule has 0 saturated carbocycles. The number of nitrogens with one attached hydrogen (secondary N) is 1. The van der Waals surface area contributed by atoms with E-state index in [1.807, 2.05) is 0 Å². The van der Waals surface area contributed by atoms with Crippen molar-refractivity contribution in [2.45, 2.75) is 51.1 Å². The molecule has 0 aromatic carbocycles. The van der Waals surface area contributed by atoms with E-state index in [2.05, 4.69) is 22.2 Å². The molecule has 152 valence electrons. The molecule has 1 atom stereocenters. The van der Waals surface area contributed by atoms with Crippen LogP contribution in [-0.4, -0.2) is 40.7 Å². The number of nitrogens with two attached hydrogens (primary N) is 1. The Morgan fingerprint density at radius 3 is 3.00 bits per heavy atom. The van der Waals surface area contributed by atoms with Gasteiger partial charge in [-0.2, -0.15) is 0 Å². The number of hydrogen-bond donors (Lipinski definition) is 2. The summed E-state index contributed by atoms with van der Waals surface area (Å²) in [6.07, 6.45) is 4.14. The minimum Gasteiger partial charge on any atom is -0.466 e. The molecule has 2 aromatic heterocycles. The summed E-state index contributed by atoms with van der Waals surface area (Å²) in [5.74, 6) is 1.06. The number of esters is 1. The highest BCUT2D eigenvalue weighted by Crippen LogP contribution is 2.39. The smallest absolute Gasteiger partial charge is 0.305 e. The van der Waals surface area contributed by atoms with Gasteiger partial charge in [-0.1, -0.05) is 18.7 Å². The van der Waals surface area contributed by atoms with Crippen molar-refractivity contribution in [3.63, 3.8) is 0 Å². The zero-order chi connectivity index (χ0) is 20.1. The second kappa shape index (κ2) is 9.56. The monoisotopic (exact) mass is 422 g/mol. The third-order valence-corrected chi connectivity index (χ3v) is 6.68. The Labute approximate surface area is 172 Å². The number of amides is 1. The van der Waals surface area contributed by atoms with Crippen LogP contribution >= 0.6 is 23.1 Å². The summed E-state index contributed by atoms with van der Waals surface area (Å²) in [6, 6.07) is 0. The molecule has 0 bridgehead atoms. The molecular formula is C19H26N4O3S2. The summed E-state index contributed by atoms with van der Waals surface area (Å²) in [5, 5.41) is 4.32. The van der Waals surface area contributed by atoms with Crippen molar-refractivity contribution < 1.29 is 14.3 Å². The second-order valence-corrected chi connectivity index (χ2v) is 9.00. The maximum absolute atomic E-state index is 12.0. The van der Waals surface area contributed by atoms with Crippen LogP contribution in [0.4, 0.5) is 5.82 Å². The molecule has 1 unspecified atom stereocenters. The quantitative estimate of drug-likeness (QED) is 0.291. The summed E-state index contributed by atoms with van der Waals surface area (Å²) < 4.78 is 4.85. The Bertz CT molecular complexity index is 868. The zero-order valence-corrected chi connectivity index (χ0v) is 17.9. The van der Waals surface area contributed by atoms with Gasteiger partial charge in [-0.25, -0.2) is 9.97 Å². The number of aromatic nitrogens is 2. The highest BCUT2D eigenvalue weighted by atomic mass is 32.2. The van der Waals surface area contributed by atoms with E-state index in [1.54, 1.807) is 18.3 Å². The first kappa shape index (κ1) is 20.9. The average Bonchev–Trinajstić information content (AvgIpc) is 3.01. The number of thiophene rings is 1. The van der Waals surface area contributed by atoms with Gasteiger partial charge in [0.15, 0.2) is 5.16 Å². The molecule has 3 N–H and O–H groups in total. The van der Waals surface area contributed by atoms with Crippen molar-refractivity contribution in [2.75, 3.05) is 24.6 Å². The molecule has 3 rings (SSSR count). The van der Waals surface area contributed by atoms with Gasteiger partial charge in [-0.05, 0) is 44.1 Å². The molecular weight excluding hydrogens is 396 g/mol. The van der Waals surface area contributed by atoms with Crippen molar-refractivity contribution in [1.82, 2.24) is 15.3 Å². The van der Waals surface area contributed by atoms with Crippen LogP contribution in [0.15, 0.2) is 5.16 Å². The van der Waals surface area contributed by atoms with E-state index >= 15 is 0 Å². The number of aryl methyl sites for hydroxylation is 1. The summed E-state index contributed by atoms with van der Waals surface area (Å²) in [7, 11) is 0. The molecule has 0 aliphatic heterocycles. The third kappa shape index (κ3) is 5.14. The van der Waals surface area contributed by atoms with Crippen LogP contribution in [-0.2, 0) is 27.2 Å². The van der Waals surface area contributed by atoms with Crippen LogP contribution in [0.25, 0.3) is 10.2 Å². The molecule has 0 saturated heterocycles. The maximum atomic E-state index is 12.0. The van der Waals surface area contributed by atoms with Crippen molar-refractivity contribution in [2.24, 2.45) is 5.92 Å². The largest absolute Gasteiger partial charge is 0.466 e. The van der Waals surface area contributed by atoms with E-state index in [4.69, 9.17) is 10.5 Å². The number of anilines is 1. The minimum absolute atomic E-state index is 0.115. The van der Waals surface area contributed by atoms with Crippen LogP contribution in [0.1, 0.15) is 43.6 Å². The predicted octanol–water partition coefficient (Wildman–Crippen LogP) is 2.95. The number of nitrogens with zero attached hydrogens (tertiary/aromatic N) is 2. The van der Waals surface area contributed by atoms with E-state index < -0.39 is 0 Å². The van der Waals surface area contributed by atoms with Gasteiger partial charge in [0.2, 0.25) is 5.91 Å². The van der Waals surface area contributed by atoms with Crippen LogP contribution in [0.2, 0.25) is 0 Å². The van der Waals surface area contributed by atoms with Crippen molar-refractivity contribution >= 4 is 51.0 Å². The first-order chi connectivity index (χ1) is 13.5. The third-order valence-electron chi connectivity index (χ3n) is 4.68. The highest BCUT2D eigenvalue weighted by molar-refractivity contribution is 7.99. The first-order valence-electron chi connectivity index (χ1n) is 9.60. The number of hydrogen-bond acceptors (Lipinski definition) is 8. The van der Waals surface area contributed by atoms with Crippen molar-refractivity contribution in [3.8, 4) is 0 Å². The number of thioether (sulfide) groups is 1. The standard InChI is InChI=1S/C19H26N4O3S2/c1-3-26-15(25)5-4-8-21-14(24)10-27-19-22-17(20)16-12-7-6-11(2)9-13(12)28-18(16)23-19/h11H,3-10H2,1-2H3,(H,21,24)(H2,20,22,23). The highest BCUT2D eigenvalue weighted by Gasteiger charge is 2.23. The lowest BCUT2D eigenvalue weighted by atomic mass is 9.89. The summed E-state index contributed by atoms with van der Waals surface area (Å²) in [4.78, 5) is 34.6. The number of carbonyl (C=O) groups excluding carboxylic acids is 2. The molecule has 1 aliphatic rings. The SMILES string of the molecule is CCOC(=O)CCCNC(=O)CSc1nc(N)c2c3c(sc2n1)CC(C)CC3. The molecule has 0 spiro atoms. The molecule has 0 fully saturated rings. The molecule has 2 heterocycles. The van der Waals surface area contributed by atoms with Gasteiger partial charge in [0.25, 0.3) is 0 Å². The Kier molecular flexibility index (Phi) is 7.12. The van der Waals surface area contributed by atoms with E-state index in [0.29, 0.717) is 42.9 Å². The van der Waals surface area contributed by atoms with Crippen molar-refractivity contribution in [1.29, 1.82) is 0 Å². The topological polar surface area (TPSA) is 107 Å². The average molecular weight is 423 g/mol. The second-order valence-electron chi connectivity index (χ2n) is 6.97. The van der Waals surface area contributed by atoms with Crippen LogP contribution in [0, 0.1) is 5.92 Å². The Hall–Kier alpha value is -1.87. The fourth-order valence-corrected chi connectivity index (χ4v) is 5.42. The lowest BCUT2D eigenvalue weighted by Crippen LogP contribution is -2.26. The summed E-state index contributed by atoms with van der Waals surface area (Å²) in [6.45, 7) is 4.86. The van der Waals surface area contributed by atoms with E-state index in [1.165, 1.54) is 28.6 Å². The minimum atomic E-state index is -0.239. The molecule has 1 aliphatic carbocycles. The molecule has 7 nitrogen and oxygen atoms in total. The number of nitrogen functional groups attached to an aromatic ring is 1. The molecule has 2 aromatic rings. The Morgan fingerprint density at radius 2 is 2.21 bits per heavy atom. The van der Waals surface area contributed by atoms with Gasteiger partial charge >= 0.3 is 5.97 Å². The van der Waals surface area contributed by atoms with Gasteiger partial charge in [0.05, 0.1) is 17.7 Å². The zero-order valence-electron chi connectivity index (χ0n) is 16.2. The van der Waals surface area contributed by atoms with E-state index in [9.17, 15) is 9.59 Å². The van der Waals surface area contributed by atoms with Gasteiger partial charge in [-0.15, -0.1) is 11.3 Å². The lowest BCUT2D eigenvalue weighted by Gasteiger charge is -2.17. The van der Waals surface area contributed by atoms with Crippen LogP contribution in [0.5, 0.6) is 0 Å². The number of ether oxygens (including phenoxy) is 1. The Balaban J connectivity index is 1.53. The molecule has 28 heavy (non-hydrogen) atoms. The number of rotatable bonds is 8. The lowest BCUT2D eigenvalue weighted by molar-refractivity contribution is -0.143. The number of carbonyl (C=O) groups is 2. The van der Waals surface area contributed by atoms with Gasteiger partial charge in [0.1, 0.15) is 10.6 Å². The predicted molar refractivity (Wildman–Crippen MR) is 113 cm³/mol. The molecule has 9 heteroatoms. The Morgan fingerprint density at radius 1 is 1.39 bits per heavy atom. The van der Waals surface area contributed by atoms with Gasteiger partial charge in [-0.3, -0.25) is 9.59 Å². The fraction of sp³-hybridized carbons (Fsp3) is 0.579. The summed E-state index contributed by atoms with van der Waals surface area (Å²) >= 11 is 2.98. The van der Waals surface area contributed by atoms with Crippen molar-refractivity contribution in [3.05, 3.63) is 10.4 Å². The fourth-order valence-electron chi connectivity index (χ4n) is 3.29. The number of fused-ring (bicyclic) bond motifs is 3. The van der Waals surface area contributed by atoms with Gasteiger partial charge < -0.3 is 15.8 Å². The van der Waals surface area contributed by atoms with Crippen LogP contribution in [0.3, 0.4) is 0 Å². The first-order valence-corrected chi connectivity index (χ1v) is 11.4. The van der Waals surface area contributed by atoms with E-state index in [-0.39, 0.29) is 17.6 Å². The van der Waals surface area contributed by atoms with Gasteiger partial charge in [0, 0.05) is 17.8 Å². The normalized spacial score (nSPS) is 16.0. The summed E-state index contributed by atoms with van der Waals surface area (Å²) in [5.41, 5.74) is 7.53. The van der Waals surface area contributed by atoms with E-state index in [0.717, 1.165) is 23.1 Å².